The zero-order chi connectivity index (χ0) is 15.3. The Morgan fingerprint density at radius 1 is 1.40 bits per heavy atom. The van der Waals surface area contributed by atoms with Crippen LogP contribution in [-0.2, 0) is 10.9 Å². The van der Waals surface area contributed by atoms with Gasteiger partial charge in [-0.2, -0.15) is 18.2 Å². The summed E-state index contributed by atoms with van der Waals surface area (Å²) in [5.41, 5.74) is -0.963. The highest BCUT2D eigenvalue weighted by atomic mass is 19.4. The average molecular weight is 292 g/mol. The first-order chi connectivity index (χ1) is 9.29. The van der Waals surface area contributed by atoms with E-state index in [1.54, 1.807) is 18.9 Å². The molecule has 0 aromatic carbocycles. The topological polar surface area (TPSA) is 50.3 Å². The van der Waals surface area contributed by atoms with E-state index in [-0.39, 0.29) is 17.8 Å². The van der Waals surface area contributed by atoms with Crippen LogP contribution in [0.4, 0.5) is 24.9 Å². The highest BCUT2D eigenvalue weighted by Gasteiger charge is 2.34. The van der Waals surface area contributed by atoms with Crippen LogP contribution in [0.1, 0.15) is 19.5 Å². The summed E-state index contributed by atoms with van der Waals surface area (Å²) in [6.07, 6.45) is -4.51. The summed E-state index contributed by atoms with van der Waals surface area (Å²) < 4.78 is 43.5. The van der Waals surface area contributed by atoms with E-state index in [2.05, 4.69) is 15.3 Å². The third-order valence-electron chi connectivity index (χ3n) is 2.77. The van der Waals surface area contributed by atoms with Gasteiger partial charge < -0.3 is 15.0 Å². The first-order valence-corrected chi connectivity index (χ1v) is 6.21. The fourth-order valence-electron chi connectivity index (χ4n) is 1.58. The van der Waals surface area contributed by atoms with E-state index >= 15 is 0 Å². The molecule has 1 unspecified atom stereocenters. The van der Waals surface area contributed by atoms with Crippen molar-refractivity contribution >= 4 is 11.8 Å². The molecule has 0 radical (unpaired) electrons. The zero-order valence-corrected chi connectivity index (χ0v) is 12.0. The molecule has 1 atom stereocenters. The molecule has 0 saturated carbocycles. The van der Waals surface area contributed by atoms with Gasteiger partial charge in [-0.3, -0.25) is 0 Å². The first-order valence-electron chi connectivity index (χ1n) is 6.21. The lowest BCUT2D eigenvalue weighted by atomic mass is 10.3. The van der Waals surface area contributed by atoms with E-state index in [9.17, 15) is 13.2 Å². The van der Waals surface area contributed by atoms with Crippen LogP contribution >= 0.6 is 0 Å². The predicted molar refractivity (Wildman–Crippen MR) is 70.9 cm³/mol. The Balaban J connectivity index is 3.14. The van der Waals surface area contributed by atoms with Crippen molar-refractivity contribution < 1.29 is 17.9 Å². The molecule has 0 saturated heterocycles. The lowest BCUT2D eigenvalue weighted by Gasteiger charge is -2.26. The second-order valence-corrected chi connectivity index (χ2v) is 4.38. The third-order valence-corrected chi connectivity index (χ3v) is 2.77. The molecule has 8 heteroatoms. The maximum absolute atomic E-state index is 12.8. The SMILES string of the molecule is CCNc1nc(N(C)C(C)COC)cc(C(F)(F)F)n1. The van der Waals surface area contributed by atoms with Gasteiger partial charge in [0.15, 0.2) is 5.69 Å². The number of ether oxygens (including phenoxy) is 1. The van der Waals surface area contributed by atoms with Gasteiger partial charge in [0.1, 0.15) is 5.82 Å². The van der Waals surface area contributed by atoms with Gasteiger partial charge in [0.2, 0.25) is 5.95 Å². The summed E-state index contributed by atoms with van der Waals surface area (Å²) in [4.78, 5) is 9.19. The van der Waals surface area contributed by atoms with E-state index in [1.165, 1.54) is 7.11 Å². The lowest BCUT2D eigenvalue weighted by Crippen LogP contribution is -2.33. The van der Waals surface area contributed by atoms with Gasteiger partial charge in [0.05, 0.1) is 12.6 Å². The molecule has 1 aromatic heterocycles. The second-order valence-electron chi connectivity index (χ2n) is 4.38. The summed E-state index contributed by atoms with van der Waals surface area (Å²) in [5, 5.41) is 2.71. The molecule has 114 valence electrons. The molecule has 1 rings (SSSR count). The molecule has 0 aliphatic heterocycles. The van der Waals surface area contributed by atoms with E-state index < -0.39 is 11.9 Å². The molecule has 0 bridgehead atoms. The minimum absolute atomic E-state index is 0.0335. The van der Waals surface area contributed by atoms with Gasteiger partial charge in [-0.1, -0.05) is 0 Å². The summed E-state index contributed by atoms with van der Waals surface area (Å²) in [6, 6.07) is 0.831. The highest BCUT2D eigenvalue weighted by molar-refractivity contribution is 5.45. The van der Waals surface area contributed by atoms with E-state index in [1.807, 2.05) is 6.92 Å². The molecule has 1 aromatic rings. The molecule has 5 nitrogen and oxygen atoms in total. The number of nitrogens with one attached hydrogen (secondary N) is 1. The number of rotatable bonds is 6. The number of hydrogen-bond donors (Lipinski definition) is 1. The Kier molecular flexibility index (Phi) is 5.55. The lowest BCUT2D eigenvalue weighted by molar-refractivity contribution is -0.141. The largest absolute Gasteiger partial charge is 0.433 e. The standard InChI is InChI=1S/C12H19F3N4O/c1-5-16-11-17-9(12(13,14)15)6-10(18-11)19(3)8(2)7-20-4/h6,8H,5,7H2,1-4H3,(H,16,17,18). The third kappa shape index (κ3) is 4.22. The highest BCUT2D eigenvalue weighted by Crippen LogP contribution is 2.30. The minimum Gasteiger partial charge on any atom is -0.383 e. The van der Waals surface area contributed by atoms with Gasteiger partial charge in [0, 0.05) is 26.8 Å². The number of nitrogens with zero attached hydrogens (tertiary/aromatic N) is 3. The molecular formula is C12H19F3N4O. The van der Waals surface area contributed by atoms with Crippen molar-refractivity contribution in [2.45, 2.75) is 26.1 Å². The average Bonchev–Trinajstić information content (AvgIpc) is 2.37. The van der Waals surface area contributed by atoms with Crippen LogP contribution in [0.5, 0.6) is 0 Å². The number of anilines is 2. The quantitative estimate of drug-likeness (QED) is 0.872. The van der Waals surface area contributed by atoms with Crippen molar-refractivity contribution in [3.8, 4) is 0 Å². The predicted octanol–water partition coefficient (Wildman–Crippen LogP) is 2.40. The minimum atomic E-state index is -4.51. The molecule has 0 aliphatic carbocycles. The van der Waals surface area contributed by atoms with Crippen LogP contribution in [0, 0.1) is 0 Å². The molecule has 0 amide bonds. The number of methoxy groups -OCH3 is 1. The van der Waals surface area contributed by atoms with Crippen LogP contribution in [0.2, 0.25) is 0 Å². The fourth-order valence-corrected chi connectivity index (χ4v) is 1.58. The van der Waals surface area contributed by atoms with E-state index in [4.69, 9.17) is 4.74 Å². The van der Waals surface area contributed by atoms with Gasteiger partial charge in [-0.15, -0.1) is 0 Å². The van der Waals surface area contributed by atoms with Gasteiger partial charge >= 0.3 is 6.18 Å². The summed E-state index contributed by atoms with van der Waals surface area (Å²) in [7, 11) is 3.21. The Hall–Kier alpha value is -1.57. The fraction of sp³-hybridized carbons (Fsp3) is 0.667. The Morgan fingerprint density at radius 2 is 2.05 bits per heavy atom. The van der Waals surface area contributed by atoms with Gasteiger partial charge in [-0.25, -0.2) is 4.98 Å². The van der Waals surface area contributed by atoms with Crippen LogP contribution in [0.25, 0.3) is 0 Å². The maximum Gasteiger partial charge on any atom is 0.433 e. The molecule has 0 aliphatic rings. The smallest absolute Gasteiger partial charge is 0.383 e. The number of alkyl halides is 3. The second kappa shape index (κ2) is 6.74. The number of hydrogen-bond acceptors (Lipinski definition) is 5. The monoisotopic (exact) mass is 292 g/mol. The summed E-state index contributed by atoms with van der Waals surface area (Å²) >= 11 is 0. The molecular weight excluding hydrogens is 273 g/mol. The Bertz CT molecular complexity index is 439. The van der Waals surface area contributed by atoms with Crippen molar-refractivity contribution in [3.63, 3.8) is 0 Å². The molecule has 0 spiro atoms. The van der Waals surface area contributed by atoms with Crippen molar-refractivity contribution in [1.29, 1.82) is 0 Å². The number of aromatic nitrogens is 2. The molecule has 1 N–H and O–H groups in total. The Labute approximate surface area is 116 Å². The van der Waals surface area contributed by atoms with Crippen molar-refractivity contribution in [1.82, 2.24) is 9.97 Å². The van der Waals surface area contributed by atoms with Crippen molar-refractivity contribution in [3.05, 3.63) is 11.8 Å². The summed E-state index contributed by atoms with van der Waals surface area (Å²) in [6.45, 7) is 4.43. The Morgan fingerprint density at radius 3 is 2.55 bits per heavy atom. The van der Waals surface area contributed by atoms with Crippen LogP contribution in [0.3, 0.4) is 0 Å². The van der Waals surface area contributed by atoms with E-state index in [0.717, 1.165) is 6.07 Å². The van der Waals surface area contributed by atoms with Crippen LogP contribution < -0.4 is 10.2 Å². The van der Waals surface area contributed by atoms with E-state index in [0.29, 0.717) is 13.2 Å². The molecule has 0 fully saturated rings. The van der Waals surface area contributed by atoms with Crippen LogP contribution in [-0.4, -0.2) is 43.3 Å². The van der Waals surface area contributed by atoms with Crippen molar-refractivity contribution in [2.75, 3.05) is 37.5 Å². The van der Waals surface area contributed by atoms with Gasteiger partial charge in [-0.05, 0) is 13.8 Å². The van der Waals surface area contributed by atoms with Crippen molar-refractivity contribution in [2.24, 2.45) is 0 Å². The maximum atomic E-state index is 12.8. The normalized spacial score (nSPS) is 13.2. The molecule has 1 heterocycles. The van der Waals surface area contributed by atoms with Crippen LogP contribution in [0.15, 0.2) is 6.07 Å². The summed E-state index contributed by atoms with van der Waals surface area (Å²) in [5.74, 6) is 0.168. The first kappa shape index (κ1) is 16.5. The molecule has 20 heavy (non-hydrogen) atoms. The number of likely N-dealkylation sites (N-methyl/N-ethyl adjacent to an activating group) is 1. The zero-order valence-electron chi connectivity index (χ0n) is 12.0. The number of halogens is 3. The van der Waals surface area contributed by atoms with Gasteiger partial charge in [0.25, 0.3) is 0 Å².